The van der Waals surface area contributed by atoms with Gasteiger partial charge in [-0.1, -0.05) is 60.7 Å². The number of carbonyl (C=O) groups is 1. The molecule has 0 aliphatic carbocycles. The Kier molecular flexibility index (Phi) is 5.01. The molecule has 2 N–H and O–H groups in total. The predicted octanol–water partition coefficient (Wildman–Crippen LogP) is 4.91. The van der Waals surface area contributed by atoms with Crippen molar-refractivity contribution in [3.05, 3.63) is 106 Å². The lowest BCUT2D eigenvalue weighted by atomic mass is 10.1. The zero-order chi connectivity index (χ0) is 18.6. The minimum Gasteiger partial charge on any atom is -0.383 e. The molecule has 3 aromatic carbocycles. The molecule has 0 fully saturated rings. The van der Waals surface area contributed by atoms with Crippen molar-refractivity contribution in [3.8, 4) is 0 Å². The third-order valence-corrected chi connectivity index (χ3v) is 5.64. The molecule has 0 radical (unpaired) electrons. The van der Waals surface area contributed by atoms with Gasteiger partial charge in [0.2, 0.25) is 0 Å². The van der Waals surface area contributed by atoms with Crippen LogP contribution in [0, 0.1) is 0 Å². The lowest BCUT2D eigenvalue weighted by Crippen LogP contribution is -2.22. The number of aliphatic hydroxyl groups is 1. The van der Waals surface area contributed by atoms with Gasteiger partial charge >= 0.3 is 0 Å². The summed E-state index contributed by atoms with van der Waals surface area (Å²) < 4.78 is 0. The summed E-state index contributed by atoms with van der Waals surface area (Å²) in [5.41, 5.74) is 1.51. The van der Waals surface area contributed by atoms with Crippen LogP contribution in [-0.2, 0) is 6.54 Å². The van der Waals surface area contributed by atoms with Crippen LogP contribution in [0.25, 0.3) is 10.8 Å². The van der Waals surface area contributed by atoms with Crippen molar-refractivity contribution in [2.75, 3.05) is 0 Å². The summed E-state index contributed by atoms with van der Waals surface area (Å²) in [6.07, 6.45) is -0.638. The van der Waals surface area contributed by atoms with Crippen molar-refractivity contribution in [1.82, 2.24) is 5.32 Å². The highest BCUT2D eigenvalue weighted by Crippen LogP contribution is 2.28. The molecule has 0 aliphatic rings. The second-order valence-electron chi connectivity index (χ2n) is 6.36. The molecule has 0 saturated carbocycles. The van der Waals surface area contributed by atoms with E-state index in [0.717, 1.165) is 26.1 Å². The Morgan fingerprint density at radius 3 is 2.44 bits per heavy atom. The summed E-state index contributed by atoms with van der Waals surface area (Å²) >= 11 is 1.51. The molecular weight excluding hydrogens is 354 g/mol. The fraction of sp³-hybridized carbons (Fsp3) is 0.0870. The number of rotatable bonds is 5. The summed E-state index contributed by atoms with van der Waals surface area (Å²) in [5.74, 6) is -0.0979. The van der Waals surface area contributed by atoms with Crippen LogP contribution < -0.4 is 5.32 Å². The second-order valence-corrected chi connectivity index (χ2v) is 7.56. The Hall–Kier alpha value is -2.95. The maximum atomic E-state index is 12.5. The maximum absolute atomic E-state index is 12.5. The first kappa shape index (κ1) is 17.5. The Labute approximate surface area is 161 Å². The first-order valence-electron chi connectivity index (χ1n) is 8.79. The molecule has 3 nitrogen and oxygen atoms in total. The predicted molar refractivity (Wildman–Crippen MR) is 110 cm³/mol. The number of hydrogen-bond acceptors (Lipinski definition) is 3. The molecule has 1 aromatic heterocycles. The Bertz CT molecular complexity index is 1070. The molecule has 0 spiro atoms. The lowest BCUT2D eigenvalue weighted by molar-refractivity contribution is 0.0951. The summed E-state index contributed by atoms with van der Waals surface area (Å²) in [6.45, 7) is 0.442. The van der Waals surface area contributed by atoms with Gasteiger partial charge in [-0.05, 0) is 40.6 Å². The van der Waals surface area contributed by atoms with Gasteiger partial charge in [0.15, 0.2) is 0 Å². The second kappa shape index (κ2) is 7.74. The van der Waals surface area contributed by atoms with Gasteiger partial charge in [0.1, 0.15) is 6.10 Å². The Balaban J connectivity index is 1.42. The molecule has 0 saturated heterocycles. The highest BCUT2D eigenvalue weighted by atomic mass is 32.1. The number of amides is 1. The monoisotopic (exact) mass is 373 g/mol. The molecule has 0 bridgehead atoms. The first-order chi connectivity index (χ1) is 13.2. The van der Waals surface area contributed by atoms with Gasteiger partial charge in [-0.2, -0.15) is 0 Å². The van der Waals surface area contributed by atoms with Gasteiger partial charge in [0, 0.05) is 15.3 Å². The van der Waals surface area contributed by atoms with Gasteiger partial charge in [-0.25, -0.2) is 0 Å². The standard InChI is InChI=1S/C23H19NO2S/c25-22(17-7-2-1-3-8-17)21-13-12-20(27-21)15-24-23(26)19-11-10-16-6-4-5-9-18(16)14-19/h1-14,22,25H,15H2,(H,24,26). The number of aliphatic hydroxyl groups excluding tert-OH is 1. The minimum absolute atomic E-state index is 0.0979. The zero-order valence-electron chi connectivity index (χ0n) is 14.6. The first-order valence-corrected chi connectivity index (χ1v) is 9.61. The quantitative estimate of drug-likeness (QED) is 0.522. The van der Waals surface area contributed by atoms with Crippen molar-refractivity contribution < 1.29 is 9.90 Å². The van der Waals surface area contributed by atoms with E-state index in [2.05, 4.69) is 5.32 Å². The van der Waals surface area contributed by atoms with E-state index < -0.39 is 6.10 Å². The van der Waals surface area contributed by atoms with Crippen LogP contribution in [0.5, 0.6) is 0 Å². The molecular formula is C23H19NO2S. The molecule has 27 heavy (non-hydrogen) atoms. The fourth-order valence-corrected chi connectivity index (χ4v) is 4.00. The van der Waals surface area contributed by atoms with E-state index in [1.807, 2.05) is 84.9 Å². The molecule has 1 heterocycles. The van der Waals surface area contributed by atoms with E-state index >= 15 is 0 Å². The summed E-state index contributed by atoms with van der Waals surface area (Å²) in [6, 6.07) is 27.1. The molecule has 1 amide bonds. The van der Waals surface area contributed by atoms with E-state index in [1.165, 1.54) is 11.3 Å². The van der Waals surface area contributed by atoms with E-state index in [1.54, 1.807) is 0 Å². The number of carbonyl (C=O) groups excluding carboxylic acids is 1. The Morgan fingerprint density at radius 2 is 1.63 bits per heavy atom. The van der Waals surface area contributed by atoms with Gasteiger partial charge in [0.05, 0.1) is 6.54 Å². The number of benzene rings is 3. The van der Waals surface area contributed by atoms with Gasteiger partial charge in [-0.15, -0.1) is 11.3 Å². The van der Waals surface area contributed by atoms with Crippen LogP contribution in [0.4, 0.5) is 0 Å². The normalized spacial score (nSPS) is 12.0. The fourth-order valence-electron chi connectivity index (χ4n) is 3.04. The van der Waals surface area contributed by atoms with Crippen molar-refractivity contribution in [2.45, 2.75) is 12.6 Å². The Morgan fingerprint density at radius 1 is 0.889 bits per heavy atom. The molecule has 4 heteroatoms. The van der Waals surface area contributed by atoms with Crippen molar-refractivity contribution in [1.29, 1.82) is 0 Å². The van der Waals surface area contributed by atoms with Crippen LogP contribution in [0.1, 0.15) is 31.8 Å². The highest BCUT2D eigenvalue weighted by molar-refractivity contribution is 7.12. The number of thiophene rings is 1. The van der Waals surface area contributed by atoms with Crippen molar-refractivity contribution >= 4 is 28.0 Å². The smallest absolute Gasteiger partial charge is 0.251 e. The van der Waals surface area contributed by atoms with Crippen LogP contribution >= 0.6 is 11.3 Å². The van der Waals surface area contributed by atoms with Gasteiger partial charge in [0.25, 0.3) is 5.91 Å². The molecule has 1 unspecified atom stereocenters. The maximum Gasteiger partial charge on any atom is 0.251 e. The van der Waals surface area contributed by atoms with Crippen molar-refractivity contribution in [3.63, 3.8) is 0 Å². The topological polar surface area (TPSA) is 49.3 Å². The van der Waals surface area contributed by atoms with E-state index in [9.17, 15) is 9.90 Å². The number of nitrogens with one attached hydrogen (secondary N) is 1. The lowest BCUT2D eigenvalue weighted by Gasteiger charge is -2.08. The van der Waals surface area contributed by atoms with Crippen LogP contribution in [0.15, 0.2) is 84.9 Å². The third-order valence-electron chi connectivity index (χ3n) is 4.50. The van der Waals surface area contributed by atoms with Gasteiger partial charge in [-0.3, -0.25) is 4.79 Å². The minimum atomic E-state index is -0.638. The SMILES string of the molecule is O=C(NCc1ccc(C(O)c2ccccc2)s1)c1ccc2ccccc2c1. The third kappa shape index (κ3) is 3.92. The number of hydrogen-bond donors (Lipinski definition) is 2. The van der Waals surface area contributed by atoms with Crippen LogP contribution in [0.2, 0.25) is 0 Å². The molecule has 0 aliphatic heterocycles. The number of fused-ring (bicyclic) bond motifs is 1. The van der Waals surface area contributed by atoms with E-state index in [-0.39, 0.29) is 5.91 Å². The van der Waals surface area contributed by atoms with E-state index in [0.29, 0.717) is 12.1 Å². The molecule has 4 aromatic rings. The largest absolute Gasteiger partial charge is 0.383 e. The van der Waals surface area contributed by atoms with Gasteiger partial charge < -0.3 is 10.4 Å². The summed E-state index contributed by atoms with van der Waals surface area (Å²) in [4.78, 5) is 14.3. The molecule has 1 atom stereocenters. The molecule has 134 valence electrons. The van der Waals surface area contributed by atoms with Crippen LogP contribution in [-0.4, -0.2) is 11.0 Å². The van der Waals surface area contributed by atoms with Crippen molar-refractivity contribution in [2.24, 2.45) is 0 Å². The molecule has 4 rings (SSSR count). The highest BCUT2D eigenvalue weighted by Gasteiger charge is 2.13. The zero-order valence-corrected chi connectivity index (χ0v) is 15.4. The summed E-state index contributed by atoms with van der Waals surface area (Å²) in [7, 11) is 0. The average Bonchev–Trinajstić information content (AvgIpc) is 3.21. The van der Waals surface area contributed by atoms with Crippen LogP contribution in [0.3, 0.4) is 0 Å². The summed E-state index contributed by atoms with van der Waals surface area (Å²) in [5, 5.41) is 15.6. The average molecular weight is 373 g/mol. The van der Waals surface area contributed by atoms with E-state index in [4.69, 9.17) is 0 Å².